The minimum atomic E-state index is -0.561. The molecular formula is C27H40N2O5. The Kier molecular flexibility index (Phi) is 7.53. The molecule has 3 fully saturated rings. The lowest BCUT2D eigenvalue weighted by Crippen LogP contribution is -2.59. The maximum Gasteiger partial charge on any atom is 0.251 e. The SMILES string of the molecule is COc1ccc(C(=O)N[C@H]2CC[C@@]3(C)CC[C@H]([C@H](C)C(=O)N4CCOCC4)[C@H](O)[C@H]3[C@H]2C)cc1. The third-order valence-corrected chi connectivity index (χ3v) is 8.91. The third kappa shape index (κ3) is 4.82. The van der Waals surface area contributed by atoms with Gasteiger partial charge in [0, 0.05) is 30.6 Å². The van der Waals surface area contributed by atoms with Crippen molar-refractivity contribution in [2.24, 2.45) is 29.1 Å². The number of aliphatic hydroxyl groups excluding tert-OH is 1. The number of nitrogens with one attached hydrogen (secondary N) is 1. The molecule has 1 heterocycles. The fraction of sp³-hybridized carbons (Fsp3) is 0.704. The van der Waals surface area contributed by atoms with Gasteiger partial charge in [-0.3, -0.25) is 9.59 Å². The highest BCUT2D eigenvalue weighted by Crippen LogP contribution is 2.55. The predicted octanol–water partition coefficient (Wildman–Crippen LogP) is 3.11. The summed E-state index contributed by atoms with van der Waals surface area (Å²) < 4.78 is 10.6. The Morgan fingerprint density at radius 1 is 1.18 bits per heavy atom. The van der Waals surface area contributed by atoms with Gasteiger partial charge in [-0.15, -0.1) is 0 Å². The van der Waals surface area contributed by atoms with Crippen molar-refractivity contribution in [1.29, 1.82) is 0 Å². The van der Waals surface area contributed by atoms with Gasteiger partial charge >= 0.3 is 0 Å². The Balaban J connectivity index is 1.45. The van der Waals surface area contributed by atoms with Gasteiger partial charge in [0.1, 0.15) is 5.75 Å². The van der Waals surface area contributed by atoms with E-state index in [0.29, 0.717) is 31.9 Å². The van der Waals surface area contributed by atoms with Gasteiger partial charge in [0.15, 0.2) is 0 Å². The van der Waals surface area contributed by atoms with Crippen molar-refractivity contribution >= 4 is 11.8 Å². The summed E-state index contributed by atoms with van der Waals surface area (Å²) in [5.74, 6) is 0.622. The summed E-state index contributed by atoms with van der Waals surface area (Å²) in [5, 5.41) is 14.9. The second-order valence-corrected chi connectivity index (χ2v) is 10.8. The number of benzene rings is 1. The van der Waals surface area contributed by atoms with Crippen LogP contribution in [0, 0.1) is 29.1 Å². The molecule has 1 aromatic rings. The number of hydrogen-bond acceptors (Lipinski definition) is 5. The van der Waals surface area contributed by atoms with E-state index in [1.807, 2.05) is 11.8 Å². The quantitative estimate of drug-likeness (QED) is 0.688. The van der Waals surface area contributed by atoms with Crippen molar-refractivity contribution in [3.63, 3.8) is 0 Å². The molecule has 7 heteroatoms. The zero-order valence-electron chi connectivity index (χ0n) is 21.0. The van der Waals surface area contributed by atoms with E-state index in [1.54, 1.807) is 31.4 Å². The number of aliphatic hydroxyl groups is 1. The van der Waals surface area contributed by atoms with Crippen molar-refractivity contribution in [2.75, 3.05) is 33.4 Å². The van der Waals surface area contributed by atoms with Crippen LogP contribution >= 0.6 is 0 Å². The second kappa shape index (κ2) is 10.2. The summed E-state index contributed by atoms with van der Waals surface area (Å²) in [6, 6.07) is 7.12. The largest absolute Gasteiger partial charge is 0.497 e. The highest BCUT2D eigenvalue weighted by molar-refractivity contribution is 5.94. The Bertz CT molecular complexity index is 868. The van der Waals surface area contributed by atoms with E-state index in [-0.39, 0.29) is 46.9 Å². The Labute approximate surface area is 203 Å². The Hall–Kier alpha value is -2.12. The first-order chi connectivity index (χ1) is 16.2. The number of hydrogen-bond donors (Lipinski definition) is 2. The van der Waals surface area contributed by atoms with Crippen LogP contribution in [0.25, 0.3) is 0 Å². The molecule has 0 spiro atoms. The molecule has 4 rings (SSSR count). The van der Waals surface area contributed by atoms with E-state index in [4.69, 9.17) is 9.47 Å². The van der Waals surface area contributed by atoms with Gasteiger partial charge in [0.25, 0.3) is 5.91 Å². The number of methoxy groups -OCH3 is 1. The molecule has 1 aliphatic heterocycles. The van der Waals surface area contributed by atoms with Gasteiger partial charge < -0.3 is 24.8 Å². The number of fused-ring (bicyclic) bond motifs is 1. The van der Waals surface area contributed by atoms with E-state index < -0.39 is 6.10 Å². The standard InChI is InChI=1S/C27H40N2O5/c1-17(26(32)29-13-15-34-16-14-29)21-9-11-27(3)12-10-22(18(2)23(27)24(21)30)28-25(31)19-5-7-20(33-4)8-6-19/h5-8,17-18,21-24,30H,9-16H2,1-4H3,(H,28,31)/t17-,18-,21+,22-,23+,24-,27+/m0/s1. The molecule has 2 amide bonds. The second-order valence-electron chi connectivity index (χ2n) is 10.8. The topological polar surface area (TPSA) is 88.1 Å². The van der Waals surface area contributed by atoms with Crippen molar-refractivity contribution in [3.05, 3.63) is 29.8 Å². The molecule has 2 aliphatic carbocycles. The van der Waals surface area contributed by atoms with E-state index in [0.717, 1.165) is 31.4 Å². The smallest absolute Gasteiger partial charge is 0.251 e. The zero-order chi connectivity index (χ0) is 24.5. The molecule has 7 atom stereocenters. The molecule has 0 bridgehead atoms. The number of carbonyl (C=O) groups excluding carboxylic acids is 2. The van der Waals surface area contributed by atoms with Crippen LogP contribution < -0.4 is 10.1 Å². The van der Waals surface area contributed by atoms with Crippen LogP contribution in [0.4, 0.5) is 0 Å². The molecule has 0 unspecified atom stereocenters. The lowest BCUT2D eigenvalue weighted by Gasteiger charge is -2.56. The predicted molar refractivity (Wildman–Crippen MR) is 130 cm³/mol. The maximum absolute atomic E-state index is 13.2. The molecule has 3 aliphatic rings. The third-order valence-electron chi connectivity index (χ3n) is 8.91. The van der Waals surface area contributed by atoms with E-state index >= 15 is 0 Å². The number of ether oxygens (including phenoxy) is 2. The minimum absolute atomic E-state index is 0.00803. The van der Waals surface area contributed by atoms with Crippen LogP contribution in [0.15, 0.2) is 24.3 Å². The molecule has 188 valence electrons. The van der Waals surface area contributed by atoms with Crippen LogP contribution in [0.1, 0.15) is 56.8 Å². The molecule has 34 heavy (non-hydrogen) atoms. The van der Waals surface area contributed by atoms with Gasteiger partial charge in [-0.1, -0.05) is 20.8 Å². The van der Waals surface area contributed by atoms with Crippen molar-refractivity contribution in [3.8, 4) is 5.75 Å². The van der Waals surface area contributed by atoms with Gasteiger partial charge in [-0.2, -0.15) is 0 Å². The lowest BCUT2D eigenvalue weighted by molar-refractivity contribution is -0.153. The molecule has 0 radical (unpaired) electrons. The normalized spacial score (nSPS) is 34.6. The zero-order valence-corrected chi connectivity index (χ0v) is 21.0. The minimum Gasteiger partial charge on any atom is -0.497 e. The van der Waals surface area contributed by atoms with Crippen LogP contribution in [0.2, 0.25) is 0 Å². The summed E-state index contributed by atoms with van der Waals surface area (Å²) in [7, 11) is 1.61. The number of amides is 2. The van der Waals surface area contributed by atoms with Crippen LogP contribution in [-0.4, -0.2) is 67.4 Å². The number of rotatable bonds is 5. The van der Waals surface area contributed by atoms with Crippen molar-refractivity contribution in [1.82, 2.24) is 10.2 Å². The average Bonchev–Trinajstić information content (AvgIpc) is 2.85. The molecule has 7 nitrogen and oxygen atoms in total. The van der Waals surface area contributed by atoms with Gasteiger partial charge in [0.05, 0.1) is 26.4 Å². The highest BCUT2D eigenvalue weighted by Gasteiger charge is 2.54. The first-order valence-corrected chi connectivity index (χ1v) is 12.7. The van der Waals surface area contributed by atoms with E-state index in [1.165, 1.54) is 0 Å². The van der Waals surface area contributed by atoms with E-state index in [9.17, 15) is 14.7 Å². The average molecular weight is 473 g/mol. The fourth-order valence-corrected chi connectivity index (χ4v) is 6.75. The monoisotopic (exact) mass is 472 g/mol. The Morgan fingerprint density at radius 2 is 1.82 bits per heavy atom. The lowest BCUT2D eigenvalue weighted by atomic mass is 9.51. The summed E-state index contributed by atoms with van der Waals surface area (Å²) in [6.45, 7) is 8.83. The molecule has 2 N–H and O–H groups in total. The number of carbonyl (C=O) groups is 2. The Morgan fingerprint density at radius 3 is 2.47 bits per heavy atom. The molecular weight excluding hydrogens is 432 g/mol. The summed E-state index contributed by atoms with van der Waals surface area (Å²) in [4.78, 5) is 28.0. The number of morpholine rings is 1. The van der Waals surface area contributed by atoms with Gasteiger partial charge in [-0.05, 0) is 73.1 Å². The summed E-state index contributed by atoms with van der Waals surface area (Å²) in [6.07, 6.45) is 3.17. The van der Waals surface area contributed by atoms with Crippen LogP contribution in [-0.2, 0) is 9.53 Å². The van der Waals surface area contributed by atoms with Crippen molar-refractivity contribution in [2.45, 2.75) is 58.6 Å². The molecule has 0 aromatic heterocycles. The highest BCUT2D eigenvalue weighted by atomic mass is 16.5. The van der Waals surface area contributed by atoms with Crippen molar-refractivity contribution < 1.29 is 24.2 Å². The van der Waals surface area contributed by atoms with Crippen LogP contribution in [0.5, 0.6) is 5.75 Å². The fourth-order valence-electron chi connectivity index (χ4n) is 6.75. The summed E-state index contributed by atoms with van der Waals surface area (Å²) >= 11 is 0. The first kappa shape index (κ1) is 25.0. The van der Waals surface area contributed by atoms with Gasteiger partial charge in [0.2, 0.25) is 5.91 Å². The summed E-state index contributed by atoms with van der Waals surface area (Å²) in [5.41, 5.74) is 0.631. The van der Waals surface area contributed by atoms with E-state index in [2.05, 4.69) is 19.2 Å². The molecule has 1 saturated heterocycles. The van der Waals surface area contributed by atoms with Gasteiger partial charge in [-0.25, -0.2) is 0 Å². The molecule has 2 saturated carbocycles. The van der Waals surface area contributed by atoms with Crippen LogP contribution in [0.3, 0.4) is 0 Å². The first-order valence-electron chi connectivity index (χ1n) is 12.7. The maximum atomic E-state index is 13.2. The number of nitrogens with zero attached hydrogens (tertiary/aromatic N) is 1. The molecule has 1 aromatic carbocycles.